The van der Waals surface area contributed by atoms with Gasteiger partial charge in [-0.3, -0.25) is 4.68 Å². The Labute approximate surface area is 107 Å². The summed E-state index contributed by atoms with van der Waals surface area (Å²) in [6.45, 7) is 5.88. The lowest BCUT2D eigenvalue weighted by molar-refractivity contribution is 0.0698. The maximum absolute atomic E-state index is 11.3. The number of aromatic nitrogens is 2. The third-order valence-electron chi connectivity index (χ3n) is 2.70. The predicted octanol–water partition coefficient (Wildman–Crippen LogP) is 3.39. The van der Waals surface area contributed by atoms with Crippen molar-refractivity contribution >= 4 is 32.8 Å². The molecule has 2 aromatic rings. The van der Waals surface area contributed by atoms with Crippen LogP contribution in [0.15, 0.2) is 16.6 Å². The number of fused-ring (bicyclic) bond motifs is 1. The van der Waals surface area contributed by atoms with Crippen molar-refractivity contribution in [2.24, 2.45) is 0 Å². The molecule has 4 nitrogen and oxygen atoms in total. The Morgan fingerprint density at radius 3 is 2.65 bits per heavy atom. The van der Waals surface area contributed by atoms with Crippen LogP contribution in [-0.2, 0) is 0 Å². The third-order valence-corrected chi connectivity index (χ3v) is 3.36. The van der Waals surface area contributed by atoms with Gasteiger partial charge in [0.25, 0.3) is 0 Å². The van der Waals surface area contributed by atoms with Crippen LogP contribution in [-0.4, -0.2) is 20.9 Å². The van der Waals surface area contributed by atoms with Crippen LogP contribution in [0.25, 0.3) is 10.9 Å². The van der Waals surface area contributed by atoms with E-state index in [0.717, 1.165) is 11.2 Å². The van der Waals surface area contributed by atoms with Gasteiger partial charge in [0, 0.05) is 15.9 Å². The molecular formula is C12H13BrN2O2. The third kappa shape index (κ3) is 1.84. The van der Waals surface area contributed by atoms with E-state index in [1.807, 2.05) is 31.5 Å². The van der Waals surface area contributed by atoms with Gasteiger partial charge in [0.05, 0.1) is 16.8 Å². The monoisotopic (exact) mass is 296 g/mol. The van der Waals surface area contributed by atoms with Crippen molar-refractivity contribution in [2.45, 2.75) is 26.8 Å². The van der Waals surface area contributed by atoms with Crippen LogP contribution in [0.2, 0.25) is 0 Å². The van der Waals surface area contributed by atoms with E-state index in [4.69, 9.17) is 0 Å². The van der Waals surface area contributed by atoms with Crippen molar-refractivity contribution in [3.8, 4) is 0 Å². The quantitative estimate of drug-likeness (QED) is 0.924. The number of rotatable bonds is 2. The molecule has 0 radical (unpaired) electrons. The van der Waals surface area contributed by atoms with Crippen molar-refractivity contribution in [1.82, 2.24) is 9.78 Å². The van der Waals surface area contributed by atoms with Crippen molar-refractivity contribution in [3.05, 3.63) is 27.9 Å². The fourth-order valence-corrected chi connectivity index (χ4v) is 2.49. The minimum absolute atomic E-state index is 0.203. The van der Waals surface area contributed by atoms with Gasteiger partial charge in [0.2, 0.25) is 0 Å². The van der Waals surface area contributed by atoms with E-state index in [2.05, 4.69) is 21.0 Å². The Kier molecular flexibility index (Phi) is 2.95. The highest BCUT2D eigenvalue weighted by molar-refractivity contribution is 9.10. The number of hydrogen-bond acceptors (Lipinski definition) is 2. The van der Waals surface area contributed by atoms with Gasteiger partial charge < -0.3 is 5.11 Å². The lowest BCUT2D eigenvalue weighted by Gasteiger charge is -2.07. The van der Waals surface area contributed by atoms with Gasteiger partial charge in [-0.15, -0.1) is 0 Å². The number of nitrogens with zero attached hydrogens (tertiary/aromatic N) is 2. The number of aromatic carboxylic acids is 1. The zero-order chi connectivity index (χ0) is 12.7. The summed E-state index contributed by atoms with van der Waals surface area (Å²) in [7, 11) is 0. The second-order valence-electron chi connectivity index (χ2n) is 4.25. The molecule has 2 rings (SSSR count). The molecule has 0 amide bonds. The molecule has 0 fully saturated rings. The predicted molar refractivity (Wildman–Crippen MR) is 69.5 cm³/mol. The molecule has 0 spiro atoms. The molecule has 0 saturated carbocycles. The van der Waals surface area contributed by atoms with Gasteiger partial charge >= 0.3 is 5.97 Å². The first-order chi connectivity index (χ1) is 7.93. The Morgan fingerprint density at radius 1 is 1.47 bits per heavy atom. The molecule has 0 saturated heterocycles. The summed E-state index contributed by atoms with van der Waals surface area (Å²) in [5, 5.41) is 14.4. The fraction of sp³-hybridized carbons (Fsp3) is 0.333. The van der Waals surface area contributed by atoms with Crippen LogP contribution in [0.3, 0.4) is 0 Å². The van der Waals surface area contributed by atoms with E-state index >= 15 is 0 Å². The molecule has 90 valence electrons. The smallest absolute Gasteiger partial charge is 0.337 e. The highest BCUT2D eigenvalue weighted by Gasteiger charge is 2.19. The van der Waals surface area contributed by atoms with E-state index in [1.54, 1.807) is 6.07 Å². The van der Waals surface area contributed by atoms with Crippen LogP contribution >= 0.6 is 15.9 Å². The van der Waals surface area contributed by atoms with Gasteiger partial charge in [0.1, 0.15) is 0 Å². The zero-order valence-corrected chi connectivity index (χ0v) is 11.4. The molecule has 0 aliphatic heterocycles. The molecular weight excluding hydrogens is 284 g/mol. The Hall–Kier alpha value is -1.36. The van der Waals surface area contributed by atoms with Crippen LogP contribution in [0.5, 0.6) is 0 Å². The second kappa shape index (κ2) is 4.14. The summed E-state index contributed by atoms with van der Waals surface area (Å²) >= 11 is 3.28. The summed E-state index contributed by atoms with van der Waals surface area (Å²) < 4.78 is 2.44. The van der Waals surface area contributed by atoms with Gasteiger partial charge in [-0.2, -0.15) is 5.10 Å². The SMILES string of the molecule is Cc1nn(C(C)C)c2ccc(Br)c(C(=O)O)c12. The standard InChI is InChI=1S/C12H13BrN2O2/c1-6(2)15-9-5-4-8(13)11(12(16)17)10(9)7(3)14-15/h4-6H,1-3H3,(H,16,17). The van der Waals surface area contributed by atoms with Gasteiger partial charge in [-0.1, -0.05) is 0 Å². The molecule has 1 N–H and O–H groups in total. The number of halogens is 1. The van der Waals surface area contributed by atoms with Crippen LogP contribution in [0, 0.1) is 6.92 Å². The molecule has 0 aliphatic rings. The summed E-state index contributed by atoms with van der Waals surface area (Å²) in [4.78, 5) is 11.3. The van der Waals surface area contributed by atoms with Crippen LogP contribution in [0.1, 0.15) is 35.9 Å². The molecule has 0 atom stereocenters. The minimum atomic E-state index is -0.936. The maximum atomic E-state index is 11.3. The number of carboxylic acid groups (broad SMARTS) is 1. The van der Waals surface area contributed by atoms with Crippen LogP contribution < -0.4 is 0 Å². The van der Waals surface area contributed by atoms with Crippen molar-refractivity contribution < 1.29 is 9.90 Å². The Bertz CT molecular complexity index is 602. The molecule has 1 aromatic carbocycles. The molecule has 5 heteroatoms. The topological polar surface area (TPSA) is 55.1 Å². The lowest BCUT2D eigenvalue weighted by Crippen LogP contribution is -2.03. The van der Waals surface area contributed by atoms with Crippen molar-refractivity contribution in [3.63, 3.8) is 0 Å². The summed E-state index contributed by atoms with van der Waals surface area (Å²) in [5.41, 5.74) is 1.89. The summed E-state index contributed by atoms with van der Waals surface area (Å²) in [6, 6.07) is 3.85. The van der Waals surface area contributed by atoms with Gasteiger partial charge in [-0.25, -0.2) is 4.79 Å². The van der Waals surface area contributed by atoms with Gasteiger partial charge in [-0.05, 0) is 48.8 Å². The number of hydrogen-bond donors (Lipinski definition) is 1. The molecule has 0 aliphatic carbocycles. The normalized spacial score (nSPS) is 11.4. The first-order valence-corrected chi connectivity index (χ1v) is 6.13. The lowest BCUT2D eigenvalue weighted by atomic mass is 10.1. The zero-order valence-electron chi connectivity index (χ0n) is 9.86. The van der Waals surface area contributed by atoms with E-state index < -0.39 is 5.97 Å². The highest BCUT2D eigenvalue weighted by Crippen LogP contribution is 2.30. The van der Waals surface area contributed by atoms with E-state index in [-0.39, 0.29) is 11.6 Å². The van der Waals surface area contributed by atoms with E-state index in [1.165, 1.54) is 0 Å². The maximum Gasteiger partial charge on any atom is 0.337 e. The van der Waals surface area contributed by atoms with Crippen molar-refractivity contribution in [2.75, 3.05) is 0 Å². The largest absolute Gasteiger partial charge is 0.478 e. The minimum Gasteiger partial charge on any atom is -0.478 e. The number of benzene rings is 1. The van der Waals surface area contributed by atoms with Crippen LogP contribution in [0.4, 0.5) is 0 Å². The first kappa shape index (κ1) is 12.1. The first-order valence-electron chi connectivity index (χ1n) is 5.34. The number of carbonyl (C=O) groups is 1. The van der Waals surface area contributed by atoms with Crippen molar-refractivity contribution in [1.29, 1.82) is 0 Å². The molecule has 0 unspecified atom stereocenters. The summed E-state index contributed by atoms with van der Waals surface area (Å²) in [5.74, 6) is -0.936. The Morgan fingerprint density at radius 2 is 2.12 bits per heavy atom. The second-order valence-corrected chi connectivity index (χ2v) is 5.10. The fourth-order valence-electron chi connectivity index (χ4n) is 1.99. The van der Waals surface area contributed by atoms with E-state index in [9.17, 15) is 9.90 Å². The number of carboxylic acids is 1. The molecule has 1 aromatic heterocycles. The summed E-state index contributed by atoms with van der Waals surface area (Å²) in [6.07, 6.45) is 0. The Balaban J connectivity index is 2.91. The van der Waals surface area contributed by atoms with Gasteiger partial charge in [0.15, 0.2) is 0 Å². The molecule has 17 heavy (non-hydrogen) atoms. The highest BCUT2D eigenvalue weighted by atomic mass is 79.9. The average molecular weight is 297 g/mol. The van der Waals surface area contributed by atoms with E-state index in [0.29, 0.717) is 9.86 Å². The number of aryl methyl sites for hydroxylation is 1. The molecule has 1 heterocycles. The average Bonchev–Trinajstić information content (AvgIpc) is 2.56. The molecule has 0 bridgehead atoms.